The number of hydrogen-bond donors (Lipinski definition) is 2. The van der Waals surface area contributed by atoms with Crippen LogP contribution in [0.3, 0.4) is 0 Å². The number of carboxylic acids is 1. The highest BCUT2D eigenvalue weighted by molar-refractivity contribution is 7.87. The first-order valence-electron chi connectivity index (χ1n) is 17.9. The molecule has 2 amide bonds. The van der Waals surface area contributed by atoms with Crippen LogP contribution in [-0.4, -0.2) is 101 Å². The number of anilines is 2. The molecule has 2 N–H and O–H groups in total. The zero-order valence-corrected chi connectivity index (χ0v) is 32.2. The summed E-state index contributed by atoms with van der Waals surface area (Å²) in [5.41, 5.74) is 1.14. The topological polar surface area (TPSA) is 166 Å². The number of carbonyl (C=O) groups is 3. The zero-order chi connectivity index (χ0) is 38.6. The molecule has 3 aliphatic rings. The van der Waals surface area contributed by atoms with Crippen molar-refractivity contribution in [2.24, 2.45) is 11.8 Å². The molecule has 0 bridgehead atoms. The molecule has 5 heterocycles. The Morgan fingerprint density at radius 2 is 1.32 bits per heavy atom. The van der Waals surface area contributed by atoms with E-state index in [1.165, 1.54) is 9.21 Å². The molecular formula is C38H55N7O7S. The Kier molecular flexibility index (Phi) is 12.0. The van der Waals surface area contributed by atoms with Gasteiger partial charge in [-0.15, -0.1) is 0 Å². The number of hydrogen-bond acceptors (Lipinski definition) is 10. The van der Waals surface area contributed by atoms with Crippen LogP contribution in [-0.2, 0) is 21.6 Å². The fourth-order valence-electron chi connectivity index (χ4n) is 7.65. The maximum atomic E-state index is 13.1. The van der Waals surface area contributed by atoms with Crippen molar-refractivity contribution in [2.45, 2.75) is 72.1 Å². The van der Waals surface area contributed by atoms with Gasteiger partial charge in [0.15, 0.2) is 0 Å². The molecule has 1 aromatic carbocycles. The van der Waals surface area contributed by atoms with Crippen molar-refractivity contribution in [2.75, 3.05) is 49.1 Å². The lowest BCUT2D eigenvalue weighted by atomic mass is 9.97. The van der Waals surface area contributed by atoms with Gasteiger partial charge >= 0.3 is 22.3 Å². The van der Waals surface area contributed by atoms with E-state index < -0.39 is 28.2 Å². The number of amides is 2. The number of benzene rings is 1. The van der Waals surface area contributed by atoms with E-state index in [0.29, 0.717) is 23.5 Å². The number of aromatic carboxylic acids is 1. The van der Waals surface area contributed by atoms with Gasteiger partial charge in [0.05, 0.1) is 5.56 Å². The number of piperazine rings is 1. The van der Waals surface area contributed by atoms with Crippen molar-refractivity contribution < 1.29 is 35.5 Å². The average molecular weight is 754 g/mol. The van der Waals surface area contributed by atoms with Gasteiger partial charge in [-0.05, 0) is 82.2 Å². The average Bonchev–Trinajstić information content (AvgIpc) is 3.57. The van der Waals surface area contributed by atoms with Crippen molar-refractivity contribution >= 4 is 39.8 Å². The van der Waals surface area contributed by atoms with Crippen molar-refractivity contribution in [1.82, 2.24) is 23.9 Å². The molecule has 0 saturated carbocycles. The van der Waals surface area contributed by atoms with Gasteiger partial charge < -0.3 is 24.5 Å². The van der Waals surface area contributed by atoms with Gasteiger partial charge in [0.25, 0.3) is 5.91 Å². The van der Waals surface area contributed by atoms with Crippen molar-refractivity contribution in [1.29, 1.82) is 0 Å². The van der Waals surface area contributed by atoms with Crippen LogP contribution in [0.1, 0.15) is 83.5 Å². The van der Waals surface area contributed by atoms with Gasteiger partial charge in [-0.25, -0.2) is 24.3 Å². The van der Waals surface area contributed by atoms with E-state index in [-0.39, 0.29) is 57.8 Å². The third-order valence-electron chi connectivity index (χ3n) is 9.97. The van der Waals surface area contributed by atoms with Crippen LogP contribution in [0.15, 0.2) is 67.0 Å². The maximum absolute atomic E-state index is 13.1. The highest BCUT2D eigenvalue weighted by atomic mass is 32.2. The molecule has 3 fully saturated rings. The summed E-state index contributed by atoms with van der Waals surface area (Å²) in [6, 6.07) is 15.8. The third kappa shape index (κ3) is 9.43. The minimum atomic E-state index is -4.11. The molecule has 0 radical (unpaired) electrons. The molecule has 3 aromatic rings. The van der Waals surface area contributed by atoms with Crippen LogP contribution < -0.4 is 14.5 Å². The summed E-state index contributed by atoms with van der Waals surface area (Å²) in [6.45, 7) is 15.0. The van der Waals surface area contributed by atoms with Crippen LogP contribution >= 0.6 is 0 Å². The minimum absolute atomic E-state index is 0. The number of ether oxygens (including phenoxy) is 1. The standard InChI is InChI=1S/C25H33N5O5S.C13H18N2O2.2H2/c1-19-16-25(2,3)30(17-19)22-21(10-7-11-26-22)23(31)27-36(33,34)29-14-12-28(13-15-29)24(32)35-18-20-8-5-4-6-9-20;1-9-7-13(2,3)15(8-9)11-10(12(16)17)5-4-6-14-11;;/h4-11,19H,12-18H2,1-3H3,(H,27,31);4-6,9H,7-8H2,1-3H3,(H,16,17);2*1H/t19-;9-;;/m00../s1. The number of aromatic nitrogens is 2. The monoisotopic (exact) mass is 753 g/mol. The second kappa shape index (κ2) is 16.1. The molecule has 15 heteroatoms. The summed E-state index contributed by atoms with van der Waals surface area (Å²) < 4.78 is 34.7. The lowest BCUT2D eigenvalue weighted by molar-refractivity contribution is 0.0696. The molecule has 2 aromatic heterocycles. The van der Waals surface area contributed by atoms with Gasteiger partial charge in [0, 0.05) is 65.6 Å². The van der Waals surface area contributed by atoms with Crippen LogP contribution in [0.25, 0.3) is 0 Å². The molecule has 53 heavy (non-hydrogen) atoms. The Bertz CT molecular complexity index is 1890. The Balaban J connectivity index is 0.000000360. The van der Waals surface area contributed by atoms with Gasteiger partial charge in [-0.3, -0.25) is 4.79 Å². The molecule has 6 rings (SSSR count). The number of carboxylic acid groups (broad SMARTS) is 1. The summed E-state index contributed by atoms with van der Waals surface area (Å²) in [4.78, 5) is 51.0. The summed E-state index contributed by atoms with van der Waals surface area (Å²) in [5, 5.41) is 9.20. The van der Waals surface area contributed by atoms with E-state index in [1.807, 2.05) is 30.3 Å². The van der Waals surface area contributed by atoms with E-state index in [2.05, 4.69) is 66.0 Å². The lowest BCUT2D eigenvalue weighted by Crippen LogP contribution is -2.54. The fraction of sp³-hybridized carbons (Fsp3) is 0.500. The number of carbonyl (C=O) groups excluding carboxylic acids is 2. The van der Waals surface area contributed by atoms with Crippen molar-refractivity contribution in [3.8, 4) is 0 Å². The Morgan fingerprint density at radius 3 is 1.81 bits per heavy atom. The fourth-order valence-corrected chi connectivity index (χ4v) is 8.76. The third-order valence-corrected chi connectivity index (χ3v) is 11.5. The van der Waals surface area contributed by atoms with Crippen molar-refractivity contribution in [3.63, 3.8) is 0 Å². The Morgan fingerprint density at radius 1 is 0.811 bits per heavy atom. The molecule has 14 nitrogen and oxygen atoms in total. The van der Waals surface area contributed by atoms with Gasteiger partial charge in [0.2, 0.25) is 0 Å². The predicted molar refractivity (Wildman–Crippen MR) is 206 cm³/mol. The Hall–Kier alpha value is -4.76. The zero-order valence-electron chi connectivity index (χ0n) is 31.4. The SMILES string of the molecule is C[C@@H]1CN(c2ncccc2C(=O)NS(=O)(=O)N2CCN(C(=O)OCc3ccccc3)CC2)C(C)(C)C1.C[C@@H]1CN(c2ncccc2C(=O)O)C(C)(C)C1.[HH].[HH]. The molecular weight excluding hydrogens is 699 g/mol. The highest BCUT2D eigenvalue weighted by Crippen LogP contribution is 2.38. The first-order valence-corrected chi connectivity index (χ1v) is 19.4. The maximum Gasteiger partial charge on any atom is 0.410 e. The van der Waals surface area contributed by atoms with Crippen LogP contribution in [0.2, 0.25) is 0 Å². The molecule has 3 saturated heterocycles. The largest absolute Gasteiger partial charge is 0.478 e. The van der Waals surface area contributed by atoms with E-state index in [1.54, 1.807) is 36.7 Å². The van der Waals surface area contributed by atoms with E-state index in [9.17, 15) is 27.9 Å². The summed E-state index contributed by atoms with van der Waals surface area (Å²) in [6.07, 6.45) is 4.77. The van der Waals surface area contributed by atoms with Crippen LogP contribution in [0.4, 0.5) is 16.4 Å². The first kappa shape index (κ1) is 39.4. The Labute approximate surface area is 315 Å². The molecule has 2 atom stereocenters. The van der Waals surface area contributed by atoms with E-state index in [4.69, 9.17) is 4.74 Å². The molecule has 0 aliphatic carbocycles. The first-order chi connectivity index (χ1) is 25.0. The molecule has 0 unspecified atom stereocenters. The summed E-state index contributed by atoms with van der Waals surface area (Å²) >= 11 is 0. The number of nitrogens with one attached hydrogen (secondary N) is 1. The van der Waals surface area contributed by atoms with Crippen molar-refractivity contribution in [3.05, 3.63) is 83.7 Å². The lowest BCUT2D eigenvalue weighted by Gasteiger charge is -2.34. The van der Waals surface area contributed by atoms with Gasteiger partial charge in [-0.2, -0.15) is 12.7 Å². The number of nitrogens with zero attached hydrogens (tertiary/aromatic N) is 6. The predicted octanol–water partition coefficient (Wildman–Crippen LogP) is 5.53. The summed E-state index contributed by atoms with van der Waals surface area (Å²) in [7, 11) is -4.11. The molecule has 0 spiro atoms. The second-order valence-electron chi connectivity index (χ2n) is 15.4. The van der Waals surface area contributed by atoms with E-state index in [0.717, 1.165) is 31.5 Å². The van der Waals surface area contributed by atoms with Gasteiger partial charge in [-0.1, -0.05) is 44.2 Å². The molecule has 3 aliphatic heterocycles. The second-order valence-corrected chi connectivity index (χ2v) is 17.1. The van der Waals surface area contributed by atoms with Gasteiger partial charge in [0.1, 0.15) is 23.8 Å². The highest BCUT2D eigenvalue weighted by Gasteiger charge is 2.40. The normalized spacial score (nSPS) is 21.1. The number of rotatable bonds is 8. The summed E-state index contributed by atoms with van der Waals surface area (Å²) in [5.74, 6) is 0.424. The van der Waals surface area contributed by atoms with E-state index >= 15 is 0 Å². The molecule has 290 valence electrons. The smallest absolute Gasteiger partial charge is 0.410 e. The quantitative estimate of drug-likeness (QED) is 0.297. The minimum Gasteiger partial charge on any atom is -0.478 e. The van der Waals surface area contributed by atoms with Crippen LogP contribution in [0.5, 0.6) is 0 Å². The number of pyridine rings is 2. The van der Waals surface area contributed by atoms with Crippen LogP contribution in [0, 0.1) is 11.8 Å².